The monoisotopic (exact) mass is 518 g/mol. The number of rotatable bonds is 5. The second-order valence-electron chi connectivity index (χ2n) is 12.4. The van der Waals surface area contributed by atoms with Gasteiger partial charge >= 0.3 is 0 Å². The summed E-state index contributed by atoms with van der Waals surface area (Å²) in [7, 11) is 0. The molecule has 0 amide bonds. The lowest BCUT2D eigenvalue weighted by molar-refractivity contribution is -0.0426. The van der Waals surface area contributed by atoms with Crippen LogP contribution in [0, 0.1) is 24.7 Å². The summed E-state index contributed by atoms with van der Waals surface area (Å²) in [5.74, 6) is 2.83. The summed E-state index contributed by atoms with van der Waals surface area (Å²) in [6.45, 7) is 7.72. The number of nitrogens with zero attached hydrogens (tertiary/aromatic N) is 4. The van der Waals surface area contributed by atoms with Gasteiger partial charge in [0.05, 0.1) is 23.3 Å². The lowest BCUT2D eigenvalue weighted by Gasteiger charge is -2.57. The van der Waals surface area contributed by atoms with Crippen LogP contribution < -0.4 is 10.5 Å². The molecule has 3 aromatic rings. The number of fused-ring (bicyclic) bond motifs is 1. The van der Waals surface area contributed by atoms with Crippen molar-refractivity contribution in [2.75, 3.05) is 18.0 Å². The number of aromatic nitrogens is 3. The van der Waals surface area contributed by atoms with Crippen molar-refractivity contribution >= 4 is 28.6 Å². The summed E-state index contributed by atoms with van der Waals surface area (Å²) in [5, 5.41) is 1.55. The Bertz CT molecular complexity index is 1410. The Labute approximate surface area is 223 Å². The van der Waals surface area contributed by atoms with Crippen LogP contribution in [-0.4, -0.2) is 39.8 Å². The molecule has 1 aromatic carbocycles. The average Bonchev–Trinajstić information content (AvgIpc) is 2.81. The number of benzene rings is 1. The first-order chi connectivity index (χ1) is 17.8. The normalized spacial score (nSPS) is 28.9. The molecule has 194 valence electrons. The number of anilines is 1. The molecule has 2 aromatic heterocycles. The van der Waals surface area contributed by atoms with Crippen LogP contribution in [0.1, 0.15) is 57.9 Å². The van der Waals surface area contributed by atoms with Crippen LogP contribution in [0.3, 0.4) is 0 Å². The van der Waals surface area contributed by atoms with Gasteiger partial charge in [-0.2, -0.15) is 4.98 Å². The van der Waals surface area contributed by atoms with Gasteiger partial charge in [0.25, 0.3) is 5.56 Å². The van der Waals surface area contributed by atoms with Crippen molar-refractivity contribution in [2.24, 2.45) is 17.8 Å². The van der Waals surface area contributed by atoms with Gasteiger partial charge in [0.1, 0.15) is 5.65 Å². The van der Waals surface area contributed by atoms with Crippen LogP contribution >= 0.6 is 11.6 Å². The summed E-state index contributed by atoms with van der Waals surface area (Å²) in [6.07, 6.45) is 9.53. The fraction of sp³-hybridized carbons (Fsp3) is 0.567. The van der Waals surface area contributed by atoms with Gasteiger partial charge in [-0.1, -0.05) is 29.8 Å². The first kappa shape index (κ1) is 23.7. The third-order valence-electron chi connectivity index (χ3n) is 9.38. The number of aryl methyl sites for hydroxylation is 1. The van der Waals surface area contributed by atoms with Gasteiger partial charge < -0.3 is 9.64 Å². The van der Waals surface area contributed by atoms with Crippen molar-refractivity contribution in [1.29, 1.82) is 0 Å². The second kappa shape index (κ2) is 8.54. The average molecular weight is 519 g/mol. The zero-order chi connectivity index (χ0) is 25.5. The van der Waals surface area contributed by atoms with E-state index in [1.54, 1.807) is 0 Å². The summed E-state index contributed by atoms with van der Waals surface area (Å²) in [4.78, 5) is 26.7. The molecule has 0 atom stereocenters. The van der Waals surface area contributed by atoms with Crippen LogP contribution in [-0.2, 0) is 10.3 Å². The quantitative estimate of drug-likeness (QED) is 0.417. The molecule has 5 fully saturated rings. The van der Waals surface area contributed by atoms with E-state index < -0.39 is 0 Å². The molecule has 0 radical (unpaired) electrons. The van der Waals surface area contributed by atoms with E-state index in [1.807, 2.05) is 37.4 Å². The lowest BCUT2D eigenvalue weighted by Crippen LogP contribution is -2.55. The predicted octanol–water partition coefficient (Wildman–Crippen LogP) is 5.96. The minimum absolute atomic E-state index is 0.0503. The fourth-order valence-corrected chi connectivity index (χ4v) is 8.52. The molecule has 7 heteroatoms. The standard InChI is InChI=1S/C30H35ClN4O2/c1-17(2)37-22-15-34(16-22)29-32-14-24-18(3)26(23-6-4-5-7-25(23)31)28(36)35(27(24)33-29)30-11-19-8-20(12-30)10-21(9-19)13-30/h4-7,14,17,19-22H,8-13,15-16H2,1-3H3. The lowest BCUT2D eigenvalue weighted by atomic mass is 9.53. The van der Waals surface area contributed by atoms with Crippen molar-refractivity contribution in [3.8, 4) is 11.1 Å². The molecule has 8 rings (SSSR count). The Hall–Kier alpha value is -2.44. The van der Waals surface area contributed by atoms with E-state index in [2.05, 4.69) is 23.3 Å². The molecule has 5 aliphatic rings. The Morgan fingerprint density at radius 3 is 2.32 bits per heavy atom. The van der Waals surface area contributed by atoms with Crippen LogP contribution in [0.25, 0.3) is 22.2 Å². The highest BCUT2D eigenvalue weighted by atomic mass is 35.5. The Morgan fingerprint density at radius 1 is 1.05 bits per heavy atom. The SMILES string of the molecule is Cc1c(-c2ccccc2Cl)c(=O)n(C23CC4CC(CC(C4)C2)C3)c2nc(N3CC(OC(C)C)C3)ncc12. The van der Waals surface area contributed by atoms with E-state index in [1.165, 1.54) is 19.3 Å². The maximum Gasteiger partial charge on any atom is 0.260 e. The first-order valence-corrected chi connectivity index (χ1v) is 14.3. The number of pyridine rings is 1. The molecule has 0 spiro atoms. The highest BCUT2D eigenvalue weighted by Gasteiger charge is 2.53. The molecule has 1 aliphatic heterocycles. The largest absolute Gasteiger partial charge is 0.372 e. The van der Waals surface area contributed by atoms with E-state index in [9.17, 15) is 4.79 Å². The second-order valence-corrected chi connectivity index (χ2v) is 12.8. The molecule has 4 aliphatic carbocycles. The highest BCUT2D eigenvalue weighted by molar-refractivity contribution is 6.33. The van der Waals surface area contributed by atoms with Gasteiger partial charge in [0, 0.05) is 35.3 Å². The molecule has 1 saturated heterocycles. The minimum Gasteiger partial charge on any atom is -0.372 e. The fourth-order valence-electron chi connectivity index (χ4n) is 8.29. The van der Waals surface area contributed by atoms with Gasteiger partial charge in [-0.3, -0.25) is 9.36 Å². The van der Waals surface area contributed by atoms with Crippen molar-refractivity contribution in [1.82, 2.24) is 14.5 Å². The minimum atomic E-state index is -0.169. The number of ether oxygens (including phenoxy) is 1. The third kappa shape index (κ3) is 3.74. The molecular weight excluding hydrogens is 484 g/mol. The highest BCUT2D eigenvalue weighted by Crippen LogP contribution is 2.59. The predicted molar refractivity (Wildman–Crippen MR) is 147 cm³/mol. The van der Waals surface area contributed by atoms with Gasteiger partial charge in [0.2, 0.25) is 5.95 Å². The summed E-state index contributed by atoms with van der Waals surface area (Å²) >= 11 is 6.67. The van der Waals surface area contributed by atoms with Crippen molar-refractivity contribution in [3.05, 3.63) is 51.4 Å². The van der Waals surface area contributed by atoms with E-state index in [0.29, 0.717) is 34.3 Å². The smallest absolute Gasteiger partial charge is 0.260 e. The number of hydrogen-bond acceptors (Lipinski definition) is 5. The van der Waals surface area contributed by atoms with Gasteiger partial charge in [0.15, 0.2) is 0 Å². The van der Waals surface area contributed by atoms with E-state index in [-0.39, 0.29) is 23.3 Å². The molecule has 0 N–H and O–H groups in total. The van der Waals surface area contributed by atoms with Crippen molar-refractivity contribution in [2.45, 2.75) is 77.0 Å². The van der Waals surface area contributed by atoms with Crippen LogP contribution in [0.4, 0.5) is 5.95 Å². The molecule has 6 nitrogen and oxygen atoms in total. The molecule has 37 heavy (non-hydrogen) atoms. The Morgan fingerprint density at radius 2 is 1.70 bits per heavy atom. The van der Waals surface area contributed by atoms with Crippen LogP contribution in [0.5, 0.6) is 0 Å². The van der Waals surface area contributed by atoms with Crippen LogP contribution in [0.2, 0.25) is 5.02 Å². The number of halogens is 1. The number of hydrogen-bond donors (Lipinski definition) is 0. The van der Waals surface area contributed by atoms with Gasteiger partial charge in [-0.25, -0.2) is 4.98 Å². The molecule has 4 saturated carbocycles. The topological polar surface area (TPSA) is 60.2 Å². The summed E-state index contributed by atoms with van der Waals surface area (Å²) in [6, 6.07) is 7.71. The van der Waals surface area contributed by atoms with Gasteiger partial charge in [-0.15, -0.1) is 0 Å². The van der Waals surface area contributed by atoms with Crippen molar-refractivity contribution < 1.29 is 4.74 Å². The van der Waals surface area contributed by atoms with E-state index in [0.717, 1.165) is 54.5 Å². The summed E-state index contributed by atoms with van der Waals surface area (Å²) < 4.78 is 8.08. The zero-order valence-electron chi connectivity index (χ0n) is 21.9. The van der Waals surface area contributed by atoms with Crippen LogP contribution in [0.15, 0.2) is 35.3 Å². The molecule has 0 unspecified atom stereocenters. The van der Waals surface area contributed by atoms with Gasteiger partial charge in [-0.05, 0) is 88.7 Å². The van der Waals surface area contributed by atoms with E-state index >= 15 is 0 Å². The molecule has 3 heterocycles. The molecule has 4 bridgehead atoms. The Balaban J connectivity index is 1.42. The Kier molecular flexibility index (Phi) is 5.46. The summed E-state index contributed by atoms with van der Waals surface area (Å²) in [5.41, 5.74) is 3.07. The third-order valence-corrected chi connectivity index (χ3v) is 9.71. The van der Waals surface area contributed by atoms with Crippen molar-refractivity contribution in [3.63, 3.8) is 0 Å². The maximum absolute atomic E-state index is 14.6. The van der Waals surface area contributed by atoms with E-state index in [4.69, 9.17) is 26.3 Å². The maximum atomic E-state index is 14.6. The zero-order valence-corrected chi connectivity index (χ0v) is 22.7. The first-order valence-electron chi connectivity index (χ1n) is 13.9. The molecular formula is C30H35ClN4O2.